The van der Waals surface area contributed by atoms with Crippen molar-refractivity contribution in [3.8, 4) is 11.3 Å². The number of amides is 5. The lowest BCUT2D eigenvalue weighted by Gasteiger charge is -2.40. The van der Waals surface area contributed by atoms with Gasteiger partial charge in [0.05, 0.1) is 0 Å². The van der Waals surface area contributed by atoms with Gasteiger partial charge in [-0.3, -0.25) is 29.5 Å². The van der Waals surface area contributed by atoms with Gasteiger partial charge in [-0.2, -0.15) is 5.10 Å². The summed E-state index contributed by atoms with van der Waals surface area (Å²) < 4.78 is 1.83. The number of aryl methyl sites for hydroxylation is 2. The van der Waals surface area contributed by atoms with Crippen LogP contribution in [-0.2, 0) is 17.8 Å². The Morgan fingerprint density at radius 3 is 2.19 bits per heavy atom. The zero-order valence-electron chi connectivity index (χ0n) is 34.7. The Morgan fingerprint density at radius 1 is 0.742 bits per heavy atom. The van der Waals surface area contributed by atoms with Crippen LogP contribution in [0.3, 0.4) is 0 Å². The van der Waals surface area contributed by atoms with E-state index in [0.29, 0.717) is 65.4 Å². The van der Waals surface area contributed by atoms with Gasteiger partial charge in [0.2, 0.25) is 5.91 Å². The third-order valence-electron chi connectivity index (χ3n) is 13.1. The molecule has 3 saturated heterocycles. The number of pyridine rings is 1. The molecule has 318 valence electrons. The predicted octanol–water partition coefficient (Wildman–Crippen LogP) is 5.96. The van der Waals surface area contributed by atoms with Gasteiger partial charge in [-0.1, -0.05) is 12.1 Å². The van der Waals surface area contributed by atoms with Gasteiger partial charge in [-0.15, -0.1) is 0 Å². The summed E-state index contributed by atoms with van der Waals surface area (Å²) in [6.45, 7) is 8.07. The van der Waals surface area contributed by atoms with E-state index in [2.05, 4.69) is 66.0 Å². The minimum absolute atomic E-state index is 0.224. The van der Waals surface area contributed by atoms with Gasteiger partial charge < -0.3 is 26.2 Å². The number of benzene rings is 3. The standard InChI is InChI=1S/C47H51N11O4/c48-44(60)42-43(32-3-5-33(6-4-32)46(61)51-40-28-34(13-18-49-40)31-1-2-31)53-58-22-16-35-27-38(11-12-39(35)50-45(42)58)56-25-23-54(24-26-56)29-30-14-19-55(20-15-30)36-7-9-37(10-8-36)57-21-17-41(59)52-47(57)62/h3-13,18,27-28,30-31,50H,1-2,14-17,19-26,29H2,(H2,48,60)(H,49,51,61)(H,52,59,62). The molecule has 62 heavy (non-hydrogen) atoms. The second kappa shape index (κ2) is 16.6. The molecule has 0 unspecified atom stereocenters. The quantitative estimate of drug-likeness (QED) is 0.132. The van der Waals surface area contributed by atoms with Crippen LogP contribution in [0.2, 0.25) is 0 Å². The first-order chi connectivity index (χ1) is 30.2. The summed E-state index contributed by atoms with van der Waals surface area (Å²) in [5.41, 5.74) is 14.5. The van der Waals surface area contributed by atoms with Gasteiger partial charge in [0.15, 0.2) is 0 Å². The van der Waals surface area contributed by atoms with Crippen LogP contribution in [0.4, 0.5) is 39.2 Å². The fraction of sp³-hybridized carbons (Fsp3) is 0.362. The maximum Gasteiger partial charge on any atom is 0.328 e. The fourth-order valence-electron chi connectivity index (χ4n) is 9.38. The Kier molecular flexibility index (Phi) is 10.6. The topological polar surface area (TPSA) is 174 Å². The first kappa shape index (κ1) is 39.4. The van der Waals surface area contributed by atoms with E-state index >= 15 is 0 Å². The minimum atomic E-state index is -0.572. The van der Waals surface area contributed by atoms with Crippen LogP contribution < -0.4 is 36.4 Å². The summed E-state index contributed by atoms with van der Waals surface area (Å²) in [5.74, 6) is 1.28. The summed E-state index contributed by atoms with van der Waals surface area (Å²) in [5, 5.41) is 13.7. The summed E-state index contributed by atoms with van der Waals surface area (Å²) in [6, 6.07) is 25.3. The molecule has 0 spiro atoms. The fourth-order valence-corrected chi connectivity index (χ4v) is 9.38. The van der Waals surface area contributed by atoms with Crippen LogP contribution in [0.25, 0.3) is 11.3 Å². The van der Waals surface area contributed by atoms with E-state index in [4.69, 9.17) is 10.8 Å². The van der Waals surface area contributed by atoms with Crippen molar-refractivity contribution in [2.24, 2.45) is 11.7 Å². The number of anilines is 6. The predicted molar refractivity (Wildman–Crippen MR) is 239 cm³/mol. The summed E-state index contributed by atoms with van der Waals surface area (Å²) in [6.07, 6.45) is 7.42. The molecule has 4 aliphatic heterocycles. The lowest BCUT2D eigenvalue weighted by atomic mass is 9.95. The molecule has 1 saturated carbocycles. The maximum atomic E-state index is 13.1. The largest absolute Gasteiger partial charge is 0.372 e. The number of nitrogens with two attached hydrogens (primary N) is 1. The number of urea groups is 1. The van der Waals surface area contributed by atoms with E-state index in [9.17, 15) is 19.2 Å². The molecule has 5 aliphatic rings. The molecule has 6 heterocycles. The van der Waals surface area contributed by atoms with Crippen LogP contribution in [0.5, 0.6) is 0 Å². The zero-order valence-corrected chi connectivity index (χ0v) is 34.7. The molecular weight excluding hydrogens is 783 g/mol. The molecule has 2 aromatic heterocycles. The van der Waals surface area contributed by atoms with Crippen molar-refractivity contribution in [3.63, 3.8) is 0 Å². The molecule has 15 heteroatoms. The number of carbonyl (C=O) groups excluding carboxylic acids is 4. The van der Waals surface area contributed by atoms with E-state index in [-0.39, 0.29) is 17.8 Å². The normalized spacial score (nSPS) is 18.4. The van der Waals surface area contributed by atoms with Crippen LogP contribution in [0.1, 0.15) is 69.9 Å². The van der Waals surface area contributed by atoms with Crippen molar-refractivity contribution in [1.82, 2.24) is 25.0 Å². The van der Waals surface area contributed by atoms with E-state index in [1.165, 1.54) is 29.8 Å². The second-order valence-corrected chi connectivity index (χ2v) is 17.1. The highest BCUT2D eigenvalue weighted by molar-refractivity contribution is 6.07. The highest BCUT2D eigenvalue weighted by Gasteiger charge is 2.29. The van der Waals surface area contributed by atoms with Crippen molar-refractivity contribution in [1.29, 1.82) is 0 Å². The number of fused-ring (bicyclic) bond motifs is 2. The number of piperazine rings is 1. The minimum Gasteiger partial charge on any atom is -0.372 e. The molecule has 0 bridgehead atoms. The monoisotopic (exact) mass is 833 g/mol. The Labute approximate surface area is 360 Å². The number of nitrogens with one attached hydrogen (secondary N) is 3. The molecule has 0 atom stereocenters. The van der Waals surface area contributed by atoms with Gasteiger partial charge in [0.25, 0.3) is 11.8 Å². The van der Waals surface area contributed by atoms with E-state index in [1.54, 1.807) is 35.4 Å². The lowest BCUT2D eigenvalue weighted by molar-refractivity contribution is -0.120. The van der Waals surface area contributed by atoms with E-state index in [0.717, 1.165) is 82.0 Å². The number of hydrogen-bond acceptors (Lipinski definition) is 10. The molecule has 5 aromatic rings. The number of rotatable bonds is 10. The smallest absolute Gasteiger partial charge is 0.328 e. The average Bonchev–Trinajstić information content (AvgIpc) is 4.11. The van der Waals surface area contributed by atoms with Gasteiger partial charge in [-0.25, -0.2) is 14.5 Å². The average molecular weight is 834 g/mol. The highest BCUT2D eigenvalue weighted by Crippen LogP contribution is 2.40. The Hall–Kier alpha value is -6.74. The van der Waals surface area contributed by atoms with E-state index in [1.807, 2.05) is 28.9 Å². The van der Waals surface area contributed by atoms with Gasteiger partial charge in [0.1, 0.15) is 22.9 Å². The Balaban J connectivity index is 0.727. The number of carbonyl (C=O) groups is 4. The van der Waals surface area contributed by atoms with Crippen molar-refractivity contribution in [2.75, 3.05) is 77.7 Å². The number of hydrogen-bond donors (Lipinski definition) is 4. The van der Waals surface area contributed by atoms with Crippen LogP contribution in [-0.4, -0.2) is 95.8 Å². The summed E-state index contributed by atoms with van der Waals surface area (Å²) in [7, 11) is 0. The first-order valence-corrected chi connectivity index (χ1v) is 21.8. The van der Waals surface area contributed by atoms with Crippen LogP contribution in [0, 0.1) is 5.92 Å². The van der Waals surface area contributed by atoms with Gasteiger partial charge in [0, 0.05) is 105 Å². The molecule has 0 radical (unpaired) electrons. The molecule has 10 rings (SSSR count). The van der Waals surface area contributed by atoms with Crippen molar-refractivity contribution >= 4 is 58.1 Å². The maximum absolute atomic E-state index is 13.1. The molecule has 5 N–H and O–H groups in total. The SMILES string of the molecule is NC(=O)c1c(-c2ccc(C(=O)Nc3cc(C4CC4)ccn3)cc2)nn2c1Nc1ccc(N3CCN(CC4CCN(c5ccc(N6CCC(=O)NC6=O)cc5)CC4)CC3)cc1CC2. The molecule has 3 aromatic carbocycles. The molecule has 15 nitrogen and oxygen atoms in total. The van der Waals surface area contributed by atoms with Crippen LogP contribution >= 0.6 is 0 Å². The van der Waals surface area contributed by atoms with Gasteiger partial charge >= 0.3 is 6.03 Å². The number of primary amides is 1. The first-order valence-electron chi connectivity index (χ1n) is 21.8. The number of piperidine rings is 1. The molecule has 4 fully saturated rings. The van der Waals surface area contributed by atoms with Crippen molar-refractivity contribution in [2.45, 2.75) is 51.0 Å². The van der Waals surface area contributed by atoms with Gasteiger partial charge in [-0.05, 0) is 122 Å². The number of aromatic nitrogens is 3. The third kappa shape index (κ3) is 8.19. The Bertz CT molecular complexity index is 2520. The zero-order chi connectivity index (χ0) is 42.3. The number of nitrogens with zero attached hydrogens (tertiary/aromatic N) is 7. The van der Waals surface area contributed by atoms with Crippen LogP contribution in [0.15, 0.2) is 85.1 Å². The third-order valence-corrected chi connectivity index (χ3v) is 13.1. The van der Waals surface area contributed by atoms with Crippen molar-refractivity contribution in [3.05, 3.63) is 107 Å². The highest BCUT2D eigenvalue weighted by atomic mass is 16.2. The second-order valence-electron chi connectivity index (χ2n) is 17.1. The lowest BCUT2D eigenvalue weighted by Crippen LogP contribution is -2.49. The Morgan fingerprint density at radius 2 is 1.47 bits per heavy atom. The molecular formula is C47H51N11O4. The number of imide groups is 1. The summed E-state index contributed by atoms with van der Waals surface area (Å²) in [4.78, 5) is 63.3. The van der Waals surface area contributed by atoms with Crippen molar-refractivity contribution < 1.29 is 19.2 Å². The molecule has 5 amide bonds. The molecule has 1 aliphatic carbocycles. The van der Waals surface area contributed by atoms with E-state index < -0.39 is 5.91 Å². The summed E-state index contributed by atoms with van der Waals surface area (Å²) >= 11 is 0.